The van der Waals surface area contributed by atoms with Crippen LogP contribution in [0.15, 0.2) is 30.3 Å². The molecule has 0 amide bonds. The number of para-hydroxylation sites is 1. The van der Waals surface area contributed by atoms with Crippen LogP contribution in [0, 0.1) is 0 Å². The van der Waals surface area contributed by atoms with Gasteiger partial charge in [0.25, 0.3) is 0 Å². The fraction of sp³-hybridized carbons (Fsp3) is 0.400. The fourth-order valence-corrected chi connectivity index (χ4v) is 0.921. The van der Waals surface area contributed by atoms with Crippen LogP contribution in [0.1, 0.15) is 20.3 Å². The average molecular weight is 181 g/mol. The summed E-state index contributed by atoms with van der Waals surface area (Å²) >= 11 is 0. The highest BCUT2D eigenvalue weighted by atomic mass is 28.1. The van der Waals surface area contributed by atoms with Crippen LogP contribution in [0.2, 0.25) is 0 Å². The van der Waals surface area contributed by atoms with E-state index >= 15 is 0 Å². The fourth-order valence-electron chi connectivity index (χ4n) is 0.921. The van der Waals surface area contributed by atoms with Gasteiger partial charge in [-0.15, -0.1) is 0 Å². The van der Waals surface area contributed by atoms with Gasteiger partial charge in [0.15, 0.2) is 0 Å². The number of benzene rings is 1. The van der Waals surface area contributed by atoms with E-state index in [9.17, 15) is 0 Å². The minimum Gasteiger partial charge on any atom is -0.383 e. The molecule has 0 aliphatic heterocycles. The van der Waals surface area contributed by atoms with Crippen molar-refractivity contribution in [2.24, 2.45) is 0 Å². The Morgan fingerprint density at radius 1 is 1.25 bits per heavy atom. The molecule has 0 bridgehead atoms. The summed E-state index contributed by atoms with van der Waals surface area (Å²) < 4.78 is 0. The van der Waals surface area contributed by atoms with Gasteiger partial charge in [-0.1, -0.05) is 25.1 Å². The maximum Gasteiger partial charge on any atom is 0.0342 e. The molecule has 68 valence electrons. The normalized spacial score (nSPS) is 11.5. The Labute approximate surface area is 79.2 Å². The lowest BCUT2D eigenvalue weighted by molar-refractivity contribution is 0.764. The monoisotopic (exact) mass is 181 g/mol. The summed E-state index contributed by atoms with van der Waals surface area (Å²) in [5.41, 5.74) is 1.21. The number of anilines is 1. The Hall–Kier alpha value is -0.763. The van der Waals surface area contributed by atoms with E-state index in [0.29, 0.717) is 6.04 Å². The highest BCUT2D eigenvalue weighted by molar-refractivity contribution is 5.75. The summed E-state index contributed by atoms with van der Waals surface area (Å²) in [6, 6.07) is 10.9. The van der Waals surface area contributed by atoms with Crippen molar-refractivity contribution in [2.75, 3.05) is 5.32 Å². The van der Waals surface area contributed by atoms with Crippen LogP contribution in [0.5, 0.6) is 0 Å². The first kappa shape index (κ1) is 11.2. The molecule has 1 N–H and O–H groups in total. The van der Waals surface area contributed by atoms with E-state index in [4.69, 9.17) is 0 Å². The van der Waals surface area contributed by atoms with E-state index in [-0.39, 0.29) is 11.0 Å². The van der Waals surface area contributed by atoms with Crippen LogP contribution in [-0.4, -0.2) is 17.0 Å². The van der Waals surface area contributed by atoms with E-state index in [1.165, 1.54) is 5.69 Å². The van der Waals surface area contributed by atoms with E-state index in [2.05, 4.69) is 31.3 Å². The first-order valence-electron chi connectivity index (χ1n) is 4.14. The van der Waals surface area contributed by atoms with Crippen molar-refractivity contribution in [2.45, 2.75) is 26.3 Å². The molecule has 0 aromatic heterocycles. The van der Waals surface area contributed by atoms with Crippen LogP contribution in [0.4, 0.5) is 5.69 Å². The average Bonchev–Trinajstić information content (AvgIpc) is 2.06. The topological polar surface area (TPSA) is 12.0 Å². The van der Waals surface area contributed by atoms with Gasteiger partial charge in [-0.2, -0.15) is 0 Å². The largest absolute Gasteiger partial charge is 0.383 e. The maximum absolute atomic E-state index is 3.39. The molecule has 1 aromatic rings. The van der Waals surface area contributed by atoms with Crippen molar-refractivity contribution in [3.05, 3.63) is 30.3 Å². The van der Waals surface area contributed by atoms with Gasteiger partial charge >= 0.3 is 0 Å². The first-order chi connectivity index (χ1) is 5.33. The van der Waals surface area contributed by atoms with Crippen LogP contribution < -0.4 is 5.32 Å². The number of nitrogens with one attached hydrogen (secondary N) is 1. The van der Waals surface area contributed by atoms with E-state index in [1.807, 2.05) is 18.2 Å². The molecule has 1 aromatic carbocycles. The molecule has 1 nitrogen and oxygen atoms in total. The van der Waals surface area contributed by atoms with Crippen LogP contribution in [-0.2, 0) is 0 Å². The van der Waals surface area contributed by atoms with E-state index < -0.39 is 0 Å². The SMILES string of the molecule is CCC(C)Nc1ccccc1.[SiH4]. The molecule has 1 atom stereocenters. The lowest BCUT2D eigenvalue weighted by Gasteiger charge is -2.11. The smallest absolute Gasteiger partial charge is 0.0342 e. The van der Waals surface area contributed by atoms with Crippen molar-refractivity contribution < 1.29 is 0 Å². The predicted octanol–water partition coefficient (Wildman–Crippen LogP) is 1.45. The Bertz CT molecular complexity index is 198. The standard InChI is InChI=1S/C10H15N.H4Si/c1-3-9(2)11-10-7-5-4-6-8-10;/h4-9,11H,3H2,1-2H3;1H4. The van der Waals surface area contributed by atoms with Crippen molar-refractivity contribution in [3.8, 4) is 0 Å². The van der Waals surface area contributed by atoms with Gasteiger partial charge in [0, 0.05) is 11.7 Å². The summed E-state index contributed by atoms with van der Waals surface area (Å²) in [5, 5.41) is 3.39. The quantitative estimate of drug-likeness (QED) is 0.696. The molecule has 0 aliphatic carbocycles. The van der Waals surface area contributed by atoms with Gasteiger partial charge in [-0.05, 0) is 36.4 Å². The van der Waals surface area contributed by atoms with Crippen LogP contribution >= 0.6 is 0 Å². The molecule has 0 saturated carbocycles. The zero-order chi connectivity index (χ0) is 8.10. The van der Waals surface area contributed by atoms with Crippen LogP contribution in [0.3, 0.4) is 0 Å². The summed E-state index contributed by atoms with van der Waals surface area (Å²) in [7, 11) is 0. The number of hydrogen-bond donors (Lipinski definition) is 1. The Kier molecular flexibility index (Phi) is 5.46. The molecule has 1 rings (SSSR count). The molecule has 2 heteroatoms. The molecule has 0 aliphatic rings. The second-order valence-corrected chi connectivity index (χ2v) is 2.82. The molecule has 0 fully saturated rings. The Morgan fingerprint density at radius 2 is 1.83 bits per heavy atom. The van der Waals surface area contributed by atoms with Gasteiger partial charge < -0.3 is 5.32 Å². The third-order valence-corrected chi connectivity index (χ3v) is 1.80. The van der Waals surface area contributed by atoms with Crippen molar-refractivity contribution in [3.63, 3.8) is 0 Å². The molecule has 12 heavy (non-hydrogen) atoms. The maximum atomic E-state index is 3.39. The van der Waals surface area contributed by atoms with Crippen molar-refractivity contribution in [1.82, 2.24) is 0 Å². The van der Waals surface area contributed by atoms with Gasteiger partial charge in [0.2, 0.25) is 0 Å². The zero-order valence-electron chi connectivity index (χ0n) is 7.17. The minimum atomic E-state index is 0. The lowest BCUT2D eigenvalue weighted by Crippen LogP contribution is -2.12. The second-order valence-electron chi connectivity index (χ2n) is 2.82. The van der Waals surface area contributed by atoms with E-state index in [0.717, 1.165) is 6.42 Å². The lowest BCUT2D eigenvalue weighted by atomic mass is 10.2. The van der Waals surface area contributed by atoms with Gasteiger partial charge in [0.1, 0.15) is 0 Å². The van der Waals surface area contributed by atoms with Crippen LogP contribution in [0.25, 0.3) is 0 Å². The molecular formula is C10H19NSi. The van der Waals surface area contributed by atoms with Gasteiger partial charge in [-0.3, -0.25) is 0 Å². The summed E-state index contributed by atoms with van der Waals surface area (Å²) in [5.74, 6) is 0. The molecule has 0 heterocycles. The third kappa shape index (κ3) is 3.58. The second kappa shape index (κ2) is 5.83. The first-order valence-corrected chi connectivity index (χ1v) is 4.14. The molecular weight excluding hydrogens is 162 g/mol. The highest BCUT2D eigenvalue weighted by Crippen LogP contribution is 2.07. The Balaban J connectivity index is 0.00000121. The number of hydrogen-bond acceptors (Lipinski definition) is 1. The van der Waals surface area contributed by atoms with Crippen molar-refractivity contribution in [1.29, 1.82) is 0 Å². The van der Waals surface area contributed by atoms with E-state index in [1.54, 1.807) is 0 Å². The summed E-state index contributed by atoms with van der Waals surface area (Å²) in [6.07, 6.45) is 1.16. The molecule has 0 saturated heterocycles. The Morgan fingerprint density at radius 3 is 2.33 bits per heavy atom. The summed E-state index contributed by atoms with van der Waals surface area (Å²) in [4.78, 5) is 0. The highest BCUT2D eigenvalue weighted by Gasteiger charge is 1.95. The van der Waals surface area contributed by atoms with Crippen molar-refractivity contribution >= 4 is 16.7 Å². The zero-order valence-corrected chi connectivity index (χ0v) is 7.17. The van der Waals surface area contributed by atoms with Gasteiger partial charge in [0.05, 0.1) is 0 Å². The minimum absolute atomic E-state index is 0. The summed E-state index contributed by atoms with van der Waals surface area (Å²) in [6.45, 7) is 4.37. The molecule has 0 spiro atoms. The molecule has 1 unspecified atom stereocenters. The third-order valence-electron chi connectivity index (χ3n) is 1.80. The van der Waals surface area contributed by atoms with Gasteiger partial charge in [-0.25, -0.2) is 0 Å². The molecule has 0 radical (unpaired) electrons. The predicted molar refractivity (Wildman–Crippen MR) is 61.2 cm³/mol. The number of rotatable bonds is 3.